The van der Waals surface area contributed by atoms with E-state index in [1.54, 1.807) is 37.4 Å². The van der Waals surface area contributed by atoms with Gasteiger partial charge in [-0.3, -0.25) is 9.59 Å². The topological polar surface area (TPSA) is 89.8 Å². The number of carbonyl (C=O) groups is 2. The van der Waals surface area contributed by atoms with Gasteiger partial charge in [0.15, 0.2) is 17.3 Å². The van der Waals surface area contributed by atoms with Crippen molar-refractivity contribution in [2.45, 2.75) is 13.5 Å². The van der Waals surface area contributed by atoms with E-state index in [0.29, 0.717) is 27.9 Å². The molecular weight excluding hydrogens is 404 g/mol. The monoisotopic (exact) mass is 424 g/mol. The summed E-state index contributed by atoms with van der Waals surface area (Å²) >= 11 is 1.20. The van der Waals surface area contributed by atoms with Crippen molar-refractivity contribution in [2.24, 2.45) is 0 Å². The second kappa shape index (κ2) is 9.67. The van der Waals surface area contributed by atoms with E-state index in [1.165, 1.54) is 17.6 Å². The Hall–Kier alpha value is -3.70. The Morgan fingerprint density at radius 3 is 2.73 bits per heavy atom. The average molecular weight is 424 g/mol. The van der Waals surface area contributed by atoms with Crippen molar-refractivity contribution in [1.82, 2.24) is 5.32 Å². The maximum Gasteiger partial charge on any atom is 0.291 e. The summed E-state index contributed by atoms with van der Waals surface area (Å²) < 4.78 is 15.8. The van der Waals surface area contributed by atoms with Crippen LogP contribution in [0.5, 0.6) is 11.5 Å². The molecule has 0 bridgehead atoms. The lowest BCUT2D eigenvalue weighted by Gasteiger charge is -2.11. The molecule has 0 saturated carbocycles. The molecule has 0 aliphatic carbocycles. The third-order valence-corrected chi connectivity index (χ3v) is 5.25. The highest BCUT2D eigenvalue weighted by Gasteiger charge is 2.17. The summed E-state index contributed by atoms with van der Waals surface area (Å²) in [4.78, 5) is 25.3. The van der Waals surface area contributed by atoms with Gasteiger partial charge in [0.1, 0.15) is 6.61 Å². The fourth-order valence-electron chi connectivity index (χ4n) is 2.68. The smallest absolute Gasteiger partial charge is 0.291 e. The Balaban J connectivity index is 1.64. The number of terminal acetylenes is 1. The number of methoxy groups -OCH3 is 1. The summed E-state index contributed by atoms with van der Waals surface area (Å²) in [7, 11) is 1.54. The Kier molecular flexibility index (Phi) is 6.78. The van der Waals surface area contributed by atoms with Crippen molar-refractivity contribution < 1.29 is 23.5 Å². The molecule has 0 atom stereocenters. The van der Waals surface area contributed by atoms with Gasteiger partial charge >= 0.3 is 0 Å². The van der Waals surface area contributed by atoms with Gasteiger partial charge in [-0.25, -0.2) is 0 Å². The van der Waals surface area contributed by atoms with Crippen LogP contribution >= 0.6 is 11.3 Å². The first kappa shape index (κ1) is 21.0. The number of benzene rings is 1. The van der Waals surface area contributed by atoms with Crippen molar-refractivity contribution in [1.29, 1.82) is 0 Å². The number of thiophene rings is 1. The van der Waals surface area contributed by atoms with E-state index in [0.717, 1.165) is 11.1 Å². The molecule has 3 rings (SSSR count). The minimum absolute atomic E-state index is 0.118. The van der Waals surface area contributed by atoms with Crippen LogP contribution in [0, 0.1) is 19.3 Å². The molecule has 2 heterocycles. The fraction of sp³-hybridized carbons (Fsp3) is 0.182. The van der Waals surface area contributed by atoms with Gasteiger partial charge in [-0.15, -0.1) is 17.8 Å². The Bertz CT molecular complexity index is 1080. The van der Waals surface area contributed by atoms with Crippen LogP contribution in [0.4, 0.5) is 5.00 Å². The molecule has 30 heavy (non-hydrogen) atoms. The quantitative estimate of drug-likeness (QED) is 0.536. The molecule has 154 valence electrons. The van der Waals surface area contributed by atoms with Gasteiger partial charge in [-0.1, -0.05) is 12.0 Å². The predicted octanol–water partition coefficient (Wildman–Crippen LogP) is 3.85. The van der Waals surface area contributed by atoms with Crippen molar-refractivity contribution in [3.63, 3.8) is 0 Å². The maximum atomic E-state index is 12.6. The fourth-order valence-corrected chi connectivity index (χ4v) is 3.66. The van der Waals surface area contributed by atoms with Crippen LogP contribution in [-0.2, 0) is 6.54 Å². The lowest BCUT2D eigenvalue weighted by atomic mass is 10.2. The van der Waals surface area contributed by atoms with Gasteiger partial charge in [-0.05, 0) is 48.4 Å². The number of aryl methyl sites for hydroxylation is 1. The standard InChI is InChI=1S/C22H20N2O5S/c1-4-9-28-18-12-15(7-8-16(18)27-3)13-23-22(26)20-14(2)11-19(30-20)24-21(25)17-6-5-10-29-17/h1,5-8,10-12H,9,13H2,2-3H3,(H,23,26)(H,24,25). The summed E-state index contributed by atoms with van der Waals surface area (Å²) in [6.07, 6.45) is 6.67. The van der Waals surface area contributed by atoms with Gasteiger partial charge in [-0.2, -0.15) is 0 Å². The van der Waals surface area contributed by atoms with Crippen molar-refractivity contribution in [3.8, 4) is 23.8 Å². The molecule has 2 aromatic heterocycles. The number of ether oxygens (including phenoxy) is 2. The number of furan rings is 1. The first-order valence-electron chi connectivity index (χ1n) is 8.98. The Morgan fingerprint density at radius 1 is 1.20 bits per heavy atom. The summed E-state index contributed by atoms with van der Waals surface area (Å²) in [6.45, 7) is 2.22. The molecule has 3 aromatic rings. The largest absolute Gasteiger partial charge is 0.493 e. The molecule has 0 unspecified atom stereocenters. The third-order valence-electron chi connectivity index (χ3n) is 4.10. The van der Waals surface area contributed by atoms with Gasteiger partial charge < -0.3 is 24.5 Å². The highest BCUT2D eigenvalue weighted by atomic mass is 32.1. The van der Waals surface area contributed by atoms with E-state index in [9.17, 15) is 9.59 Å². The SMILES string of the molecule is C#CCOc1cc(CNC(=O)c2sc(NC(=O)c3ccco3)cc2C)ccc1OC. The zero-order valence-corrected chi connectivity index (χ0v) is 17.3. The van der Waals surface area contributed by atoms with Crippen LogP contribution in [0.25, 0.3) is 0 Å². The van der Waals surface area contributed by atoms with E-state index in [4.69, 9.17) is 20.3 Å². The maximum absolute atomic E-state index is 12.6. The predicted molar refractivity (Wildman–Crippen MR) is 114 cm³/mol. The summed E-state index contributed by atoms with van der Waals surface area (Å²) in [5, 5.41) is 6.17. The number of nitrogens with one attached hydrogen (secondary N) is 2. The number of hydrogen-bond acceptors (Lipinski definition) is 6. The Morgan fingerprint density at radius 2 is 2.03 bits per heavy atom. The van der Waals surface area contributed by atoms with Crippen LogP contribution < -0.4 is 20.1 Å². The second-order valence-electron chi connectivity index (χ2n) is 6.21. The first-order valence-corrected chi connectivity index (χ1v) is 9.80. The van der Waals surface area contributed by atoms with Crippen LogP contribution in [0.3, 0.4) is 0 Å². The lowest BCUT2D eigenvalue weighted by Crippen LogP contribution is -2.22. The molecule has 7 nitrogen and oxygen atoms in total. The summed E-state index contributed by atoms with van der Waals surface area (Å²) in [6, 6.07) is 10.3. The molecule has 0 aliphatic rings. The molecule has 1 aromatic carbocycles. The van der Waals surface area contributed by atoms with Crippen molar-refractivity contribution >= 4 is 28.2 Å². The molecule has 0 radical (unpaired) electrons. The number of amides is 2. The van der Waals surface area contributed by atoms with Gasteiger partial charge in [0.2, 0.25) is 0 Å². The minimum atomic E-state index is -0.370. The molecule has 0 spiro atoms. The highest BCUT2D eigenvalue weighted by molar-refractivity contribution is 7.18. The molecule has 0 fully saturated rings. The highest BCUT2D eigenvalue weighted by Crippen LogP contribution is 2.29. The summed E-state index contributed by atoms with van der Waals surface area (Å²) in [5.41, 5.74) is 1.59. The van der Waals surface area contributed by atoms with Crippen molar-refractivity contribution in [2.75, 3.05) is 19.0 Å². The lowest BCUT2D eigenvalue weighted by molar-refractivity contribution is 0.0953. The second-order valence-corrected chi connectivity index (χ2v) is 7.27. The number of carbonyl (C=O) groups excluding carboxylic acids is 2. The van der Waals surface area contributed by atoms with E-state index in [2.05, 4.69) is 16.6 Å². The van der Waals surface area contributed by atoms with E-state index in [1.807, 2.05) is 13.0 Å². The first-order chi connectivity index (χ1) is 14.5. The molecular formula is C22H20N2O5S. The van der Waals surface area contributed by atoms with Crippen LogP contribution in [0.2, 0.25) is 0 Å². The molecule has 2 N–H and O–H groups in total. The molecule has 2 amide bonds. The molecule has 8 heteroatoms. The third kappa shape index (κ3) is 5.01. The van der Waals surface area contributed by atoms with E-state index >= 15 is 0 Å². The minimum Gasteiger partial charge on any atom is -0.493 e. The molecule has 0 saturated heterocycles. The zero-order chi connectivity index (χ0) is 21.5. The van der Waals surface area contributed by atoms with Gasteiger partial charge in [0, 0.05) is 6.54 Å². The number of rotatable bonds is 8. The van der Waals surface area contributed by atoms with Crippen LogP contribution in [-0.4, -0.2) is 25.5 Å². The van der Waals surface area contributed by atoms with E-state index in [-0.39, 0.29) is 24.2 Å². The van der Waals surface area contributed by atoms with Crippen molar-refractivity contribution in [3.05, 3.63) is 64.4 Å². The summed E-state index contributed by atoms with van der Waals surface area (Å²) in [5.74, 6) is 3.08. The van der Waals surface area contributed by atoms with Crippen LogP contribution in [0.15, 0.2) is 47.1 Å². The number of anilines is 1. The molecule has 0 aliphatic heterocycles. The van der Waals surface area contributed by atoms with E-state index < -0.39 is 0 Å². The zero-order valence-electron chi connectivity index (χ0n) is 16.5. The van der Waals surface area contributed by atoms with Gasteiger partial charge in [0.25, 0.3) is 11.8 Å². The average Bonchev–Trinajstić information content (AvgIpc) is 3.40. The number of hydrogen-bond donors (Lipinski definition) is 2. The van der Waals surface area contributed by atoms with Gasteiger partial charge in [0.05, 0.1) is 23.3 Å². The van der Waals surface area contributed by atoms with Crippen LogP contribution in [0.1, 0.15) is 31.4 Å². The normalized spacial score (nSPS) is 10.2. The Labute approximate surface area is 178 Å².